The Morgan fingerprint density at radius 2 is 1.41 bits per heavy atom. The number of nitro groups is 1. The number of hydrogen-bond donors (Lipinski definition) is 1. The van der Waals surface area contributed by atoms with Crippen LogP contribution in [0.25, 0.3) is 0 Å². The zero-order valence-corrected chi connectivity index (χ0v) is 17.7. The second kappa shape index (κ2) is 12.0. The highest BCUT2D eigenvalue weighted by atomic mass is 16.6. The average Bonchev–Trinajstić information content (AvgIpc) is 2.67. The number of nitrogens with one attached hydrogen (secondary N) is 1. The third-order valence-corrected chi connectivity index (χ3v) is 3.63. The number of non-ortho nitro benzene ring substituents is 1. The summed E-state index contributed by atoms with van der Waals surface area (Å²) in [6.45, 7) is 3.50. The number of ether oxygens (including phenoxy) is 4. The number of nitro benzene ring substituents is 1. The van der Waals surface area contributed by atoms with Gasteiger partial charge in [0.2, 0.25) is 6.10 Å². The maximum atomic E-state index is 12.9. The summed E-state index contributed by atoms with van der Waals surface area (Å²) in [5.41, 5.74) is -0.128. The van der Waals surface area contributed by atoms with Gasteiger partial charge in [0.25, 0.3) is 11.6 Å². The third-order valence-electron chi connectivity index (χ3n) is 3.63. The van der Waals surface area contributed by atoms with E-state index in [1.165, 1.54) is 12.1 Å². The van der Waals surface area contributed by atoms with E-state index in [0.717, 1.165) is 39.8 Å². The Labute approximate surface area is 182 Å². The van der Waals surface area contributed by atoms with Gasteiger partial charge in [0.05, 0.1) is 4.92 Å². The van der Waals surface area contributed by atoms with Gasteiger partial charge in [-0.3, -0.25) is 34.1 Å². The number of benzene rings is 1. The van der Waals surface area contributed by atoms with Crippen LogP contribution in [0, 0.1) is 10.1 Å². The predicted molar refractivity (Wildman–Crippen MR) is 105 cm³/mol. The SMILES string of the molecule is CC(=O)OC[C@H](OC(C)=O)[C@@H](OC(C)=O)[C@H](OC(C)=O)C(=O)Nc1ccc([N+](=O)[O-])cc1. The van der Waals surface area contributed by atoms with E-state index in [2.05, 4.69) is 5.32 Å². The molecule has 0 radical (unpaired) electrons. The summed E-state index contributed by atoms with van der Waals surface area (Å²) in [6, 6.07) is 4.71. The molecule has 0 aliphatic carbocycles. The molecule has 3 atom stereocenters. The molecule has 1 aromatic carbocycles. The van der Waals surface area contributed by atoms with Crippen molar-refractivity contribution in [3.63, 3.8) is 0 Å². The van der Waals surface area contributed by atoms with E-state index in [9.17, 15) is 34.1 Å². The van der Waals surface area contributed by atoms with Gasteiger partial charge in [0.15, 0.2) is 12.2 Å². The average molecular weight is 454 g/mol. The number of hydrogen-bond acceptors (Lipinski definition) is 11. The van der Waals surface area contributed by atoms with Crippen molar-refractivity contribution in [2.45, 2.75) is 46.0 Å². The van der Waals surface area contributed by atoms with Crippen LogP contribution in [0.15, 0.2) is 24.3 Å². The number of carbonyl (C=O) groups excluding carboxylic acids is 5. The lowest BCUT2D eigenvalue weighted by Gasteiger charge is -2.30. The van der Waals surface area contributed by atoms with Gasteiger partial charge in [-0.15, -0.1) is 0 Å². The monoisotopic (exact) mass is 454 g/mol. The lowest BCUT2D eigenvalue weighted by Crippen LogP contribution is -2.52. The molecular formula is C19H22N2O11. The summed E-state index contributed by atoms with van der Waals surface area (Å²) in [4.78, 5) is 69.0. The molecule has 0 unspecified atom stereocenters. The molecule has 0 bridgehead atoms. The Morgan fingerprint density at radius 1 is 0.875 bits per heavy atom. The van der Waals surface area contributed by atoms with Crippen LogP contribution in [0.5, 0.6) is 0 Å². The Balaban J connectivity index is 3.27. The molecule has 174 valence electrons. The Morgan fingerprint density at radius 3 is 1.84 bits per heavy atom. The molecule has 13 nitrogen and oxygen atoms in total. The molecule has 0 fully saturated rings. The fraction of sp³-hybridized carbons (Fsp3) is 0.421. The van der Waals surface area contributed by atoms with E-state index in [-0.39, 0.29) is 11.4 Å². The lowest BCUT2D eigenvalue weighted by molar-refractivity contribution is -0.384. The van der Waals surface area contributed by atoms with Crippen molar-refractivity contribution in [3.05, 3.63) is 34.4 Å². The van der Waals surface area contributed by atoms with E-state index in [1.54, 1.807) is 0 Å². The summed E-state index contributed by atoms with van der Waals surface area (Å²) in [5, 5.41) is 13.1. The molecule has 0 spiro atoms. The summed E-state index contributed by atoms with van der Waals surface area (Å²) in [7, 11) is 0. The molecule has 1 amide bonds. The zero-order chi connectivity index (χ0) is 24.4. The Kier molecular flexibility index (Phi) is 9.73. The van der Waals surface area contributed by atoms with Gasteiger partial charge < -0.3 is 24.3 Å². The maximum absolute atomic E-state index is 12.9. The minimum absolute atomic E-state index is 0.100. The molecular weight excluding hydrogens is 432 g/mol. The number of esters is 4. The quantitative estimate of drug-likeness (QED) is 0.230. The van der Waals surface area contributed by atoms with Crippen molar-refractivity contribution in [3.8, 4) is 0 Å². The van der Waals surface area contributed by atoms with Crippen LogP contribution in [0.2, 0.25) is 0 Å². The molecule has 0 aliphatic heterocycles. The predicted octanol–water partition coefficient (Wildman–Crippen LogP) is 0.892. The Bertz CT molecular complexity index is 882. The van der Waals surface area contributed by atoms with Crippen molar-refractivity contribution in [1.29, 1.82) is 0 Å². The fourth-order valence-electron chi connectivity index (χ4n) is 2.46. The maximum Gasteiger partial charge on any atom is 0.303 e. The molecule has 1 N–H and O–H groups in total. The van der Waals surface area contributed by atoms with Crippen LogP contribution in [0.1, 0.15) is 27.7 Å². The number of carbonyl (C=O) groups is 5. The highest BCUT2D eigenvalue weighted by Crippen LogP contribution is 2.19. The largest absolute Gasteiger partial charge is 0.462 e. The molecule has 1 aromatic rings. The zero-order valence-electron chi connectivity index (χ0n) is 17.7. The molecule has 13 heteroatoms. The van der Waals surface area contributed by atoms with E-state index >= 15 is 0 Å². The third kappa shape index (κ3) is 8.77. The molecule has 0 saturated heterocycles. The van der Waals surface area contributed by atoms with Crippen LogP contribution in [-0.4, -0.2) is 59.6 Å². The van der Waals surface area contributed by atoms with E-state index in [4.69, 9.17) is 18.9 Å². The van der Waals surface area contributed by atoms with Crippen molar-refractivity contribution < 1.29 is 47.8 Å². The van der Waals surface area contributed by atoms with Crippen LogP contribution in [-0.2, 0) is 42.9 Å². The topological polar surface area (TPSA) is 177 Å². The van der Waals surface area contributed by atoms with Gasteiger partial charge >= 0.3 is 23.9 Å². The van der Waals surface area contributed by atoms with Gasteiger partial charge in [-0.25, -0.2) is 0 Å². The summed E-state index contributed by atoms with van der Waals surface area (Å²) in [5.74, 6) is -4.43. The first kappa shape index (κ1) is 26.0. The van der Waals surface area contributed by atoms with E-state index in [1.807, 2.05) is 0 Å². The van der Waals surface area contributed by atoms with Crippen molar-refractivity contribution in [1.82, 2.24) is 0 Å². The molecule has 0 aliphatic rings. The van der Waals surface area contributed by atoms with E-state index in [0.29, 0.717) is 0 Å². The minimum atomic E-state index is -1.83. The first-order valence-electron chi connectivity index (χ1n) is 9.11. The van der Waals surface area contributed by atoms with Gasteiger partial charge in [0.1, 0.15) is 6.61 Å². The molecule has 0 heterocycles. The summed E-state index contributed by atoms with van der Waals surface area (Å²) >= 11 is 0. The molecule has 0 saturated carbocycles. The number of nitrogens with zero attached hydrogens (tertiary/aromatic N) is 1. The highest BCUT2D eigenvalue weighted by molar-refractivity contribution is 5.96. The van der Waals surface area contributed by atoms with Crippen LogP contribution in [0.3, 0.4) is 0 Å². The minimum Gasteiger partial charge on any atom is -0.462 e. The number of anilines is 1. The Hall–Kier alpha value is -4.03. The second-order valence-corrected chi connectivity index (χ2v) is 6.35. The normalized spacial score (nSPS) is 13.0. The number of rotatable bonds is 10. The van der Waals surface area contributed by atoms with Crippen molar-refractivity contribution >= 4 is 41.2 Å². The van der Waals surface area contributed by atoms with Gasteiger partial charge in [-0.05, 0) is 12.1 Å². The summed E-state index contributed by atoms with van der Waals surface area (Å²) < 4.78 is 19.9. The van der Waals surface area contributed by atoms with Crippen molar-refractivity contribution in [2.24, 2.45) is 0 Å². The molecule has 1 rings (SSSR count). The first-order valence-corrected chi connectivity index (χ1v) is 9.11. The van der Waals surface area contributed by atoms with Gasteiger partial charge in [-0.2, -0.15) is 0 Å². The standard InChI is InChI=1S/C19H22N2O11/c1-10(22)29-9-16(30-11(2)23)17(31-12(3)24)18(32-13(4)25)19(26)20-14-5-7-15(8-6-14)21(27)28/h5-8,16-18H,9H2,1-4H3,(H,20,26)/t16-,17+,18-/m0/s1. The van der Waals surface area contributed by atoms with E-state index < -0.39 is 59.6 Å². The van der Waals surface area contributed by atoms with Gasteiger partial charge in [-0.1, -0.05) is 0 Å². The molecule has 0 aromatic heterocycles. The van der Waals surface area contributed by atoms with Crippen LogP contribution >= 0.6 is 0 Å². The first-order chi connectivity index (χ1) is 14.9. The van der Waals surface area contributed by atoms with Crippen LogP contribution < -0.4 is 5.32 Å². The lowest BCUT2D eigenvalue weighted by atomic mass is 10.1. The van der Waals surface area contributed by atoms with Gasteiger partial charge in [0, 0.05) is 45.5 Å². The van der Waals surface area contributed by atoms with Crippen molar-refractivity contribution in [2.75, 3.05) is 11.9 Å². The summed E-state index contributed by atoms with van der Waals surface area (Å²) in [6.07, 6.45) is -5.00. The molecule has 32 heavy (non-hydrogen) atoms. The number of amides is 1. The fourth-order valence-corrected chi connectivity index (χ4v) is 2.46. The smallest absolute Gasteiger partial charge is 0.303 e. The highest BCUT2D eigenvalue weighted by Gasteiger charge is 2.42. The van der Waals surface area contributed by atoms with Crippen LogP contribution in [0.4, 0.5) is 11.4 Å². The second-order valence-electron chi connectivity index (χ2n) is 6.35.